The minimum atomic E-state index is -0.559. The molecule has 2 N–H and O–H groups in total. The third kappa shape index (κ3) is 1.31. The standard InChI is InChI=1S/C8H8BrNO2S/c9-6-2-1-5(13-6)8(7(10)11)3-12-4-8/h1-2H,3-4H2,(H2,10,11). The van der Waals surface area contributed by atoms with E-state index in [1.54, 1.807) is 0 Å². The van der Waals surface area contributed by atoms with Crippen LogP contribution >= 0.6 is 27.3 Å². The van der Waals surface area contributed by atoms with Crippen LogP contribution in [-0.2, 0) is 14.9 Å². The molecule has 2 heterocycles. The van der Waals surface area contributed by atoms with Gasteiger partial charge in [0.05, 0.1) is 17.0 Å². The first-order valence-electron chi connectivity index (χ1n) is 3.79. The molecule has 2 rings (SSSR count). The molecule has 3 nitrogen and oxygen atoms in total. The van der Waals surface area contributed by atoms with Gasteiger partial charge >= 0.3 is 0 Å². The van der Waals surface area contributed by atoms with Gasteiger partial charge in [0.1, 0.15) is 5.41 Å². The van der Waals surface area contributed by atoms with E-state index in [1.165, 1.54) is 11.3 Å². The lowest BCUT2D eigenvalue weighted by molar-refractivity contribution is -0.141. The second kappa shape index (κ2) is 3.08. The third-order valence-electron chi connectivity index (χ3n) is 2.21. The highest BCUT2D eigenvalue weighted by Gasteiger charge is 2.47. The number of nitrogens with two attached hydrogens (primary N) is 1. The Morgan fingerprint density at radius 2 is 2.31 bits per heavy atom. The number of thiophene rings is 1. The van der Waals surface area contributed by atoms with E-state index in [-0.39, 0.29) is 5.91 Å². The Morgan fingerprint density at radius 3 is 2.62 bits per heavy atom. The number of carbonyl (C=O) groups is 1. The van der Waals surface area contributed by atoms with E-state index < -0.39 is 5.41 Å². The van der Waals surface area contributed by atoms with Gasteiger partial charge in [-0.15, -0.1) is 11.3 Å². The molecule has 5 heteroatoms. The van der Waals surface area contributed by atoms with Crippen LogP contribution in [-0.4, -0.2) is 19.1 Å². The van der Waals surface area contributed by atoms with Crippen LogP contribution in [0.2, 0.25) is 0 Å². The molecule has 0 atom stereocenters. The van der Waals surface area contributed by atoms with E-state index in [1.807, 2.05) is 12.1 Å². The summed E-state index contributed by atoms with van der Waals surface area (Å²) < 4.78 is 6.06. The number of primary amides is 1. The van der Waals surface area contributed by atoms with Crippen LogP contribution in [0.25, 0.3) is 0 Å². The van der Waals surface area contributed by atoms with Crippen LogP contribution in [0.3, 0.4) is 0 Å². The molecule has 0 saturated carbocycles. The highest BCUT2D eigenvalue weighted by molar-refractivity contribution is 9.11. The van der Waals surface area contributed by atoms with Gasteiger partial charge < -0.3 is 10.5 Å². The van der Waals surface area contributed by atoms with Gasteiger partial charge in [-0.2, -0.15) is 0 Å². The Hall–Kier alpha value is -0.390. The maximum Gasteiger partial charge on any atom is 0.233 e. The van der Waals surface area contributed by atoms with Crippen molar-refractivity contribution in [1.29, 1.82) is 0 Å². The van der Waals surface area contributed by atoms with Crippen molar-refractivity contribution in [3.05, 3.63) is 20.8 Å². The zero-order chi connectivity index (χ0) is 9.47. The van der Waals surface area contributed by atoms with Crippen LogP contribution in [0.4, 0.5) is 0 Å². The van der Waals surface area contributed by atoms with Crippen LogP contribution < -0.4 is 5.73 Å². The molecule has 0 unspecified atom stereocenters. The molecule has 1 saturated heterocycles. The normalized spacial score (nSPS) is 19.5. The van der Waals surface area contributed by atoms with E-state index in [4.69, 9.17) is 10.5 Å². The van der Waals surface area contributed by atoms with E-state index >= 15 is 0 Å². The fourth-order valence-corrected chi connectivity index (χ4v) is 2.84. The van der Waals surface area contributed by atoms with Crippen LogP contribution in [0.15, 0.2) is 15.9 Å². The smallest absolute Gasteiger partial charge is 0.233 e. The number of rotatable bonds is 2. The topological polar surface area (TPSA) is 52.3 Å². The van der Waals surface area contributed by atoms with Crippen LogP contribution in [0, 0.1) is 0 Å². The van der Waals surface area contributed by atoms with E-state index in [0.29, 0.717) is 13.2 Å². The molecule has 0 aliphatic carbocycles. The fraction of sp³-hybridized carbons (Fsp3) is 0.375. The maximum atomic E-state index is 11.2. The molecule has 0 bridgehead atoms. The van der Waals surface area contributed by atoms with Gasteiger partial charge in [0.25, 0.3) is 0 Å². The summed E-state index contributed by atoms with van der Waals surface area (Å²) in [5, 5.41) is 0. The summed E-state index contributed by atoms with van der Waals surface area (Å²) in [6, 6.07) is 3.84. The monoisotopic (exact) mass is 261 g/mol. The molecule has 1 aliphatic rings. The molecule has 1 amide bonds. The molecule has 13 heavy (non-hydrogen) atoms. The summed E-state index contributed by atoms with van der Waals surface area (Å²) in [6.45, 7) is 0.824. The summed E-state index contributed by atoms with van der Waals surface area (Å²) in [5.41, 5.74) is 4.79. The fourth-order valence-electron chi connectivity index (χ4n) is 1.28. The molecule has 1 aliphatic heterocycles. The minimum absolute atomic E-state index is 0.298. The lowest BCUT2D eigenvalue weighted by Crippen LogP contribution is -2.55. The van der Waals surface area contributed by atoms with Gasteiger partial charge in [-0.25, -0.2) is 0 Å². The highest BCUT2D eigenvalue weighted by atomic mass is 79.9. The number of hydrogen-bond donors (Lipinski definition) is 1. The zero-order valence-electron chi connectivity index (χ0n) is 6.75. The molecule has 1 aromatic rings. The second-order valence-corrected chi connectivity index (χ2v) is 5.51. The largest absolute Gasteiger partial charge is 0.378 e. The van der Waals surface area contributed by atoms with Crippen molar-refractivity contribution in [3.63, 3.8) is 0 Å². The van der Waals surface area contributed by atoms with Gasteiger partial charge in [0.2, 0.25) is 5.91 Å². The zero-order valence-corrected chi connectivity index (χ0v) is 9.15. The summed E-state index contributed by atoms with van der Waals surface area (Å²) in [6.07, 6.45) is 0. The third-order valence-corrected chi connectivity index (χ3v) is 4.04. The Labute approximate surface area is 88.0 Å². The molecular formula is C8H8BrNO2S. The molecule has 70 valence electrons. The van der Waals surface area contributed by atoms with Gasteiger partial charge in [-0.05, 0) is 28.1 Å². The molecule has 0 radical (unpaired) electrons. The number of ether oxygens (including phenoxy) is 1. The van der Waals surface area contributed by atoms with Gasteiger partial charge in [-0.1, -0.05) is 0 Å². The maximum absolute atomic E-state index is 11.2. The predicted molar refractivity (Wildman–Crippen MR) is 53.7 cm³/mol. The number of amides is 1. The van der Waals surface area contributed by atoms with Crippen molar-refractivity contribution in [2.75, 3.05) is 13.2 Å². The average Bonchev–Trinajstić information content (AvgIpc) is 2.32. The van der Waals surface area contributed by atoms with Crippen molar-refractivity contribution in [2.24, 2.45) is 5.73 Å². The van der Waals surface area contributed by atoms with Crippen LogP contribution in [0.1, 0.15) is 4.88 Å². The second-order valence-electron chi connectivity index (χ2n) is 3.04. The average molecular weight is 262 g/mol. The van der Waals surface area contributed by atoms with Crippen LogP contribution in [0.5, 0.6) is 0 Å². The summed E-state index contributed by atoms with van der Waals surface area (Å²) in [7, 11) is 0. The molecule has 0 aromatic carbocycles. The summed E-state index contributed by atoms with van der Waals surface area (Å²) in [4.78, 5) is 12.2. The summed E-state index contributed by atoms with van der Waals surface area (Å²) >= 11 is 4.89. The Kier molecular flexibility index (Phi) is 2.17. The molecule has 0 spiro atoms. The number of hydrogen-bond acceptors (Lipinski definition) is 3. The number of halogens is 1. The van der Waals surface area contributed by atoms with Crippen molar-refractivity contribution >= 4 is 33.2 Å². The number of carbonyl (C=O) groups excluding carboxylic acids is 1. The van der Waals surface area contributed by atoms with Crippen molar-refractivity contribution in [1.82, 2.24) is 0 Å². The van der Waals surface area contributed by atoms with Gasteiger partial charge in [-0.3, -0.25) is 4.79 Å². The van der Waals surface area contributed by atoms with E-state index in [2.05, 4.69) is 15.9 Å². The highest BCUT2D eigenvalue weighted by Crippen LogP contribution is 2.38. The van der Waals surface area contributed by atoms with Crippen molar-refractivity contribution in [3.8, 4) is 0 Å². The molecule has 1 fully saturated rings. The summed E-state index contributed by atoms with van der Waals surface area (Å²) in [5.74, 6) is -0.298. The molecular weight excluding hydrogens is 254 g/mol. The van der Waals surface area contributed by atoms with Gasteiger partial charge in [0, 0.05) is 4.88 Å². The Morgan fingerprint density at radius 1 is 1.62 bits per heavy atom. The van der Waals surface area contributed by atoms with E-state index in [0.717, 1.165) is 8.66 Å². The lowest BCUT2D eigenvalue weighted by Gasteiger charge is -2.37. The lowest BCUT2D eigenvalue weighted by atomic mass is 9.83. The Bertz CT molecular complexity index is 346. The quantitative estimate of drug-likeness (QED) is 0.872. The predicted octanol–water partition coefficient (Wildman–Crippen LogP) is 1.26. The first kappa shape index (κ1) is 9.18. The van der Waals surface area contributed by atoms with Crippen molar-refractivity contribution < 1.29 is 9.53 Å². The first-order chi connectivity index (χ1) is 6.15. The first-order valence-corrected chi connectivity index (χ1v) is 5.39. The minimum Gasteiger partial charge on any atom is -0.378 e. The van der Waals surface area contributed by atoms with Crippen molar-refractivity contribution in [2.45, 2.75) is 5.41 Å². The SMILES string of the molecule is NC(=O)C1(c2ccc(Br)s2)COC1. The van der Waals surface area contributed by atoms with E-state index in [9.17, 15) is 4.79 Å². The molecule has 1 aromatic heterocycles. The van der Waals surface area contributed by atoms with Gasteiger partial charge in [0.15, 0.2) is 0 Å². The Balaban J connectivity index is 2.37.